The fourth-order valence-corrected chi connectivity index (χ4v) is 2.90. The highest BCUT2D eigenvalue weighted by atomic mass is 80.0. The molecular weight excluding hydrogens is 264 g/mol. The number of Topliss-reactive ketones (excluding diaryl/α,β-unsaturated/α-hetero) is 1. The SMILES string of the molecule is CC12CCC(CC1=O)C2(C)C.[O-][Br+2]([O-])O. The minimum absolute atomic E-state index is 0.0255. The van der Waals surface area contributed by atoms with Crippen LogP contribution in [-0.4, -0.2) is 9.98 Å². The van der Waals surface area contributed by atoms with Gasteiger partial charge in [0.05, 0.1) is 0 Å². The molecule has 2 aliphatic rings. The average molecular weight is 281 g/mol. The van der Waals surface area contributed by atoms with E-state index in [1.165, 1.54) is 6.42 Å². The van der Waals surface area contributed by atoms with Crippen LogP contribution in [0.1, 0.15) is 40.0 Å². The summed E-state index contributed by atoms with van der Waals surface area (Å²) in [6, 6.07) is 0. The number of carbonyl (C=O) groups is 1. The van der Waals surface area contributed by atoms with E-state index in [4.69, 9.17) is 12.6 Å². The van der Waals surface area contributed by atoms with Crippen molar-refractivity contribution in [2.45, 2.75) is 40.0 Å². The molecule has 0 saturated heterocycles. The van der Waals surface area contributed by atoms with Crippen molar-refractivity contribution in [3.63, 3.8) is 0 Å². The van der Waals surface area contributed by atoms with Crippen LogP contribution in [-0.2, 0) is 4.79 Å². The van der Waals surface area contributed by atoms with Gasteiger partial charge < -0.3 is 8.40 Å². The predicted octanol–water partition coefficient (Wildman–Crippen LogP) is -0.533. The Morgan fingerprint density at radius 2 is 1.87 bits per heavy atom. The molecular formula is C10H17BrO4. The second kappa shape index (κ2) is 4.13. The molecule has 5 heteroatoms. The number of hydrogen-bond acceptors (Lipinski definition) is 4. The fourth-order valence-electron chi connectivity index (χ4n) is 2.90. The van der Waals surface area contributed by atoms with Gasteiger partial charge in [-0.25, -0.2) is 0 Å². The Hall–Kier alpha value is 0.0300. The molecule has 4 nitrogen and oxygen atoms in total. The molecule has 0 aromatic heterocycles. The van der Waals surface area contributed by atoms with Gasteiger partial charge in [-0.05, 0) is 28.4 Å². The van der Waals surface area contributed by atoms with E-state index >= 15 is 0 Å². The number of fused-ring (bicyclic) bond motifs is 2. The Morgan fingerprint density at radius 3 is 2.00 bits per heavy atom. The molecule has 2 unspecified atom stereocenters. The molecule has 2 fully saturated rings. The maximum Gasteiger partial charge on any atom is 0.433 e. The van der Waals surface area contributed by atoms with Crippen LogP contribution in [0.4, 0.5) is 0 Å². The summed E-state index contributed by atoms with van der Waals surface area (Å²) >= 11 is -3.40. The van der Waals surface area contributed by atoms with Crippen LogP contribution in [0.2, 0.25) is 0 Å². The van der Waals surface area contributed by atoms with Crippen LogP contribution in [0.5, 0.6) is 0 Å². The largest absolute Gasteiger partial charge is 0.433 e. The summed E-state index contributed by atoms with van der Waals surface area (Å²) in [5.41, 5.74) is 0.307. The summed E-state index contributed by atoms with van der Waals surface area (Å²) in [7, 11) is 0. The smallest absolute Gasteiger partial charge is 0.372 e. The molecule has 0 radical (unpaired) electrons. The lowest BCUT2D eigenvalue weighted by Gasteiger charge is -2.32. The first kappa shape index (κ1) is 13.1. The summed E-state index contributed by atoms with van der Waals surface area (Å²) in [5.74, 6) is 1.19. The van der Waals surface area contributed by atoms with Gasteiger partial charge in [0, 0.05) is 11.8 Å². The number of ketones is 1. The number of carbonyl (C=O) groups excluding carboxylic acids is 1. The van der Waals surface area contributed by atoms with E-state index in [-0.39, 0.29) is 10.8 Å². The van der Waals surface area contributed by atoms with Crippen LogP contribution in [0.3, 0.4) is 0 Å². The number of hydrogen-bond donors (Lipinski definition) is 1. The van der Waals surface area contributed by atoms with Crippen molar-refractivity contribution in [3.8, 4) is 0 Å². The van der Waals surface area contributed by atoms with E-state index in [0.29, 0.717) is 11.7 Å². The minimum atomic E-state index is -3.40. The van der Waals surface area contributed by atoms with E-state index < -0.39 is 14.8 Å². The predicted molar refractivity (Wildman–Crippen MR) is 46.5 cm³/mol. The van der Waals surface area contributed by atoms with E-state index in [0.717, 1.165) is 12.8 Å². The zero-order valence-electron chi connectivity index (χ0n) is 9.25. The number of rotatable bonds is 0. The molecule has 2 saturated carbocycles. The molecule has 0 aromatic carbocycles. The third-order valence-electron chi connectivity index (χ3n) is 4.48. The molecule has 2 atom stereocenters. The zero-order valence-corrected chi connectivity index (χ0v) is 10.8. The topological polar surface area (TPSA) is 83.4 Å². The Balaban J connectivity index is 0.000000245. The van der Waals surface area contributed by atoms with Crippen LogP contribution < -0.4 is 8.40 Å². The molecule has 1 N–H and O–H groups in total. The third kappa shape index (κ3) is 2.11. The summed E-state index contributed by atoms with van der Waals surface area (Å²) in [6.07, 6.45) is 3.25. The first-order valence-corrected chi connectivity index (χ1v) is 7.00. The van der Waals surface area contributed by atoms with Gasteiger partial charge in [0.1, 0.15) is 5.78 Å². The van der Waals surface area contributed by atoms with Crippen molar-refractivity contribution >= 4 is 5.78 Å². The normalized spacial score (nSPS) is 36.7. The third-order valence-corrected chi connectivity index (χ3v) is 4.48. The second-order valence-electron chi connectivity index (χ2n) is 5.12. The fraction of sp³-hybridized carbons (Fsp3) is 0.900. The highest BCUT2D eigenvalue weighted by Crippen LogP contribution is 2.63. The van der Waals surface area contributed by atoms with E-state index in [1.54, 1.807) is 0 Å². The minimum Gasteiger partial charge on any atom is -0.372 e. The molecule has 88 valence electrons. The maximum atomic E-state index is 11.6. The molecule has 2 aliphatic carbocycles. The van der Waals surface area contributed by atoms with Crippen LogP contribution in [0.25, 0.3) is 0 Å². The number of halogens is 1. The van der Waals surface area contributed by atoms with Crippen molar-refractivity contribution in [1.82, 2.24) is 0 Å². The van der Waals surface area contributed by atoms with Crippen molar-refractivity contribution in [3.05, 3.63) is 0 Å². The molecule has 0 heterocycles. The average Bonchev–Trinajstić information content (AvgIpc) is 2.36. The zero-order chi connectivity index (χ0) is 11.9. The van der Waals surface area contributed by atoms with Crippen molar-refractivity contribution in [1.29, 1.82) is 0 Å². The second-order valence-corrected chi connectivity index (χ2v) is 5.96. The molecule has 0 aliphatic heterocycles. The van der Waals surface area contributed by atoms with Crippen molar-refractivity contribution < 1.29 is 32.2 Å². The van der Waals surface area contributed by atoms with Gasteiger partial charge in [-0.2, -0.15) is 0 Å². The van der Waals surface area contributed by atoms with Gasteiger partial charge in [-0.15, -0.1) is 0 Å². The first-order chi connectivity index (χ1) is 6.72. The lowest BCUT2D eigenvalue weighted by Crippen LogP contribution is -2.32. The Labute approximate surface area is 95.1 Å². The standard InChI is InChI=1S/C10H16O.BrHO3/c1-9(2)7-4-5-10(9,3)8(11)6-7;2-1(3)4/h7H,4-6H2,1-3H3;2H. The van der Waals surface area contributed by atoms with Gasteiger partial charge in [0.25, 0.3) is 0 Å². The summed E-state index contributed by atoms with van der Waals surface area (Å²) in [4.78, 5) is 11.6. The van der Waals surface area contributed by atoms with Crippen molar-refractivity contribution in [2.75, 3.05) is 0 Å². The molecule has 0 amide bonds. The van der Waals surface area contributed by atoms with Crippen molar-refractivity contribution in [2.24, 2.45) is 16.7 Å². The van der Waals surface area contributed by atoms with Crippen LogP contribution in [0.15, 0.2) is 0 Å². The monoisotopic (exact) mass is 280 g/mol. The highest BCUT2D eigenvalue weighted by molar-refractivity contribution is 5.89. The summed E-state index contributed by atoms with van der Waals surface area (Å²) < 4.78 is 24.3. The lowest BCUT2D eigenvalue weighted by molar-refractivity contribution is -1.63. The van der Waals surface area contributed by atoms with E-state index in [2.05, 4.69) is 20.8 Å². The Bertz CT molecular complexity index is 261. The van der Waals surface area contributed by atoms with Gasteiger partial charge >= 0.3 is 14.8 Å². The maximum absolute atomic E-state index is 11.6. The van der Waals surface area contributed by atoms with Gasteiger partial charge in [0.2, 0.25) is 0 Å². The van der Waals surface area contributed by atoms with E-state index in [9.17, 15) is 4.79 Å². The lowest BCUT2D eigenvalue weighted by atomic mass is 9.70. The molecule has 15 heavy (non-hydrogen) atoms. The molecule has 2 bridgehead atoms. The summed E-state index contributed by atoms with van der Waals surface area (Å²) in [5, 5.41) is 0. The van der Waals surface area contributed by atoms with Gasteiger partial charge in [0.15, 0.2) is 0 Å². The molecule has 0 spiro atoms. The van der Waals surface area contributed by atoms with E-state index in [1.807, 2.05) is 0 Å². The first-order valence-electron chi connectivity index (χ1n) is 4.99. The summed E-state index contributed by atoms with van der Waals surface area (Å²) in [6.45, 7) is 6.67. The molecule has 2 rings (SSSR count). The molecule has 0 aromatic rings. The van der Waals surface area contributed by atoms with Gasteiger partial charge in [-0.1, -0.05) is 20.8 Å². The highest BCUT2D eigenvalue weighted by Gasteiger charge is 2.61. The van der Waals surface area contributed by atoms with Crippen LogP contribution >= 0.6 is 0 Å². The van der Waals surface area contributed by atoms with Crippen LogP contribution in [0, 0.1) is 31.6 Å². The Kier molecular flexibility index (Phi) is 3.60. The Morgan fingerprint density at radius 1 is 1.40 bits per heavy atom. The quantitative estimate of drug-likeness (QED) is 0.647. The van der Waals surface area contributed by atoms with Gasteiger partial charge in [-0.3, -0.25) is 4.79 Å².